The van der Waals surface area contributed by atoms with E-state index in [-0.39, 0.29) is 5.82 Å². The molecule has 1 unspecified atom stereocenters. The summed E-state index contributed by atoms with van der Waals surface area (Å²) in [5.41, 5.74) is 0.331. The number of aryl methyl sites for hydroxylation is 2. The maximum atomic E-state index is 13.6. The van der Waals surface area contributed by atoms with Gasteiger partial charge in [-0.05, 0) is 47.0 Å². The van der Waals surface area contributed by atoms with Crippen LogP contribution in [-0.4, -0.2) is 14.9 Å². The van der Waals surface area contributed by atoms with Crippen LogP contribution in [0.2, 0.25) is 0 Å². The largest absolute Gasteiger partial charge is 0.379 e. The van der Waals surface area contributed by atoms with Crippen molar-refractivity contribution in [2.75, 3.05) is 0 Å². The number of benzene rings is 1. The molecule has 1 aromatic carbocycles. The second-order valence-electron chi connectivity index (χ2n) is 4.50. The lowest BCUT2D eigenvalue weighted by Gasteiger charge is -2.25. The molecule has 0 aliphatic carbocycles. The Bertz CT molecular complexity index is 573. The average Bonchev–Trinajstić information content (AvgIpc) is 2.62. The third kappa shape index (κ3) is 2.08. The topological polar surface area (TPSA) is 38.1 Å². The zero-order valence-corrected chi connectivity index (χ0v) is 12.0. The highest BCUT2D eigenvalue weighted by Gasteiger charge is 2.31. The molecule has 0 aliphatic heterocycles. The highest BCUT2D eigenvalue weighted by atomic mass is 79.9. The Balaban J connectivity index is 2.57. The summed E-state index contributed by atoms with van der Waals surface area (Å²) in [5.74, 6) is -0.328. The van der Waals surface area contributed by atoms with Gasteiger partial charge in [-0.1, -0.05) is 12.1 Å². The summed E-state index contributed by atoms with van der Waals surface area (Å²) in [6.07, 6.45) is 1.61. The molecule has 96 valence electrons. The highest BCUT2D eigenvalue weighted by molar-refractivity contribution is 9.10. The van der Waals surface area contributed by atoms with Gasteiger partial charge in [-0.15, -0.1) is 0 Å². The minimum Gasteiger partial charge on any atom is -0.379 e. The lowest BCUT2D eigenvalue weighted by Crippen LogP contribution is -2.26. The fourth-order valence-electron chi connectivity index (χ4n) is 1.99. The summed E-state index contributed by atoms with van der Waals surface area (Å²) in [6.45, 7) is 3.31. The number of rotatable bonds is 2. The molecule has 0 bridgehead atoms. The Morgan fingerprint density at radius 1 is 1.44 bits per heavy atom. The SMILES string of the molecule is Cc1ccc(C(C)(O)c2c(Br)cnn2C)cc1F. The molecule has 1 atom stereocenters. The minimum absolute atomic E-state index is 0.328. The molecule has 1 aromatic heterocycles. The molecule has 0 aliphatic rings. The van der Waals surface area contributed by atoms with Crippen molar-refractivity contribution in [2.45, 2.75) is 19.4 Å². The average molecular weight is 313 g/mol. The Morgan fingerprint density at radius 2 is 2.11 bits per heavy atom. The Hall–Kier alpha value is -1.20. The van der Waals surface area contributed by atoms with Gasteiger partial charge < -0.3 is 5.11 Å². The van der Waals surface area contributed by atoms with Crippen molar-refractivity contribution in [3.63, 3.8) is 0 Å². The smallest absolute Gasteiger partial charge is 0.130 e. The number of aliphatic hydroxyl groups is 1. The van der Waals surface area contributed by atoms with Gasteiger partial charge in [-0.3, -0.25) is 4.68 Å². The van der Waals surface area contributed by atoms with Gasteiger partial charge >= 0.3 is 0 Å². The van der Waals surface area contributed by atoms with E-state index < -0.39 is 5.60 Å². The molecule has 5 heteroatoms. The summed E-state index contributed by atoms with van der Waals surface area (Å²) >= 11 is 3.35. The van der Waals surface area contributed by atoms with Crippen LogP contribution in [0.4, 0.5) is 4.39 Å². The van der Waals surface area contributed by atoms with Crippen LogP contribution >= 0.6 is 15.9 Å². The van der Waals surface area contributed by atoms with E-state index in [4.69, 9.17) is 0 Å². The molecule has 1 N–H and O–H groups in total. The Labute approximate surface area is 113 Å². The molecule has 0 fully saturated rings. The lowest BCUT2D eigenvalue weighted by molar-refractivity contribution is 0.0917. The van der Waals surface area contributed by atoms with E-state index in [0.717, 1.165) is 0 Å². The van der Waals surface area contributed by atoms with Crippen molar-refractivity contribution >= 4 is 15.9 Å². The second-order valence-corrected chi connectivity index (χ2v) is 5.36. The molecule has 1 heterocycles. The van der Waals surface area contributed by atoms with Gasteiger partial charge in [-0.25, -0.2) is 4.39 Å². The molecule has 0 saturated carbocycles. The van der Waals surface area contributed by atoms with Crippen LogP contribution in [0.15, 0.2) is 28.9 Å². The first-order valence-electron chi connectivity index (χ1n) is 5.51. The molecular formula is C13H14BrFN2O. The monoisotopic (exact) mass is 312 g/mol. The summed E-state index contributed by atoms with van der Waals surface area (Å²) in [5, 5.41) is 14.7. The van der Waals surface area contributed by atoms with Gasteiger partial charge in [-0.2, -0.15) is 5.10 Å². The molecule has 0 radical (unpaired) electrons. The van der Waals surface area contributed by atoms with Gasteiger partial charge in [0, 0.05) is 7.05 Å². The summed E-state index contributed by atoms with van der Waals surface area (Å²) in [4.78, 5) is 0. The van der Waals surface area contributed by atoms with Gasteiger partial charge in [0.2, 0.25) is 0 Å². The summed E-state index contributed by atoms with van der Waals surface area (Å²) in [7, 11) is 1.74. The van der Waals surface area contributed by atoms with Gasteiger partial charge in [0.25, 0.3) is 0 Å². The van der Waals surface area contributed by atoms with Crippen molar-refractivity contribution in [1.29, 1.82) is 0 Å². The van der Waals surface area contributed by atoms with E-state index in [9.17, 15) is 9.50 Å². The molecule has 2 aromatic rings. The van der Waals surface area contributed by atoms with E-state index in [1.165, 1.54) is 6.07 Å². The van der Waals surface area contributed by atoms with Gasteiger partial charge in [0.1, 0.15) is 11.4 Å². The molecule has 2 rings (SSSR count). The number of hydrogen-bond acceptors (Lipinski definition) is 2. The van der Waals surface area contributed by atoms with Crippen molar-refractivity contribution in [3.05, 3.63) is 51.5 Å². The van der Waals surface area contributed by atoms with Crippen molar-refractivity contribution in [2.24, 2.45) is 7.05 Å². The maximum absolute atomic E-state index is 13.6. The van der Waals surface area contributed by atoms with Crippen LogP contribution in [0.1, 0.15) is 23.7 Å². The quantitative estimate of drug-likeness (QED) is 0.926. The van der Waals surface area contributed by atoms with E-state index in [0.29, 0.717) is 21.3 Å². The number of nitrogens with zero attached hydrogens (tertiary/aromatic N) is 2. The van der Waals surface area contributed by atoms with E-state index in [1.54, 1.807) is 43.9 Å². The van der Waals surface area contributed by atoms with Crippen molar-refractivity contribution in [3.8, 4) is 0 Å². The fourth-order valence-corrected chi connectivity index (χ4v) is 2.72. The number of hydrogen-bond donors (Lipinski definition) is 1. The molecule has 0 spiro atoms. The van der Waals surface area contributed by atoms with Crippen LogP contribution < -0.4 is 0 Å². The fraction of sp³-hybridized carbons (Fsp3) is 0.308. The van der Waals surface area contributed by atoms with Crippen LogP contribution in [0.25, 0.3) is 0 Å². The van der Waals surface area contributed by atoms with Crippen LogP contribution in [0.3, 0.4) is 0 Å². The maximum Gasteiger partial charge on any atom is 0.130 e. The molecule has 3 nitrogen and oxygen atoms in total. The minimum atomic E-state index is -1.31. The summed E-state index contributed by atoms with van der Waals surface area (Å²) < 4.78 is 15.9. The van der Waals surface area contributed by atoms with Crippen molar-refractivity contribution in [1.82, 2.24) is 9.78 Å². The molecule has 0 saturated heterocycles. The van der Waals surface area contributed by atoms with E-state index >= 15 is 0 Å². The third-order valence-electron chi connectivity index (χ3n) is 3.09. The van der Waals surface area contributed by atoms with Gasteiger partial charge in [0.15, 0.2) is 0 Å². The summed E-state index contributed by atoms with van der Waals surface area (Å²) in [6, 6.07) is 4.73. The predicted molar refractivity (Wildman–Crippen MR) is 70.7 cm³/mol. The lowest BCUT2D eigenvalue weighted by atomic mass is 9.91. The normalized spacial score (nSPS) is 14.6. The number of aromatic nitrogens is 2. The zero-order chi connectivity index (χ0) is 13.5. The Kier molecular flexibility index (Phi) is 3.29. The molecule has 18 heavy (non-hydrogen) atoms. The first-order valence-corrected chi connectivity index (χ1v) is 6.30. The van der Waals surface area contributed by atoms with E-state index in [1.807, 2.05) is 0 Å². The second kappa shape index (κ2) is 4.48. The van der Waals surface area contributed by atoms with E-state index in [2.05, 4.69) is 21.0 Å². The Morgan fingerprint density at radius 3 is 2.61 bits per heavy atom. The van der Waals surface area contributed by atoms with Crippen LogP contribution in [0.5, 0.6) is 0 Å². The first-order chi connectivity index (χ1) is 8.34. The van der Waals surface area contributed by atoms with Gasteiger partial charge in [0.05, 0.1) is 16.4 Å². The molecule has 0 amide bonds. The first kappa shape index (κ1) is 13.2. The zero-order valence-electron chi connectivity index (χ0n) is 10.4. The van der Waals surface area contributed by atoms with Crippen molar-refractivity contribution < 1.29 is 9.50 Å². The highest BCUT2D eigenvalue weighted by Crippen LogP contribution is 2.34. The predicted octanol–water partition coefficient (Wildman–Crippen LogP) is 2.89. The third-order valence-corrected chi connectivity index (χ3v) is 3.67. The standard InChI is InChI=1S/C13H14BrFN2O/c1-8-4-5-9(6-11(8)15)13(2,18)12-10(14)7-16-17(12)3/h4-7,18H,1-3H3. The molecular weight excluding hydrogens is 299 g/mol. The van der Waals surface area contributed by atoms with Crippen LogP contribution in [0, 0.1) is 12.7 Å². The number of halogens is 2. The van der Waals surface area contributed by atoms with Crippen LogP contribution in [-0.2, 0) is 12.6 Å².